The van der Waals surface area contributed by atoms with Gasteiger partial charge in [0.1, 0.15) is 0 Å². The summed E-state index contributed by atoms with van der Waals surface area (Å²) in [6, 6.07) is 13.7. The molecular formula is C25H36N3OP. The molecule has 30 heavy (non-hydrogen) atoms. The number of likely N-dealkylation sites (N-methyl/N-ethyl adjacent to an activating group) is 2. The second-order valence-corrected chi connectivity index (χ2v) is 12.3. The van der Waals surface area contributed by atoms with Crippen molar-refractivity contribution < 1.29 is 4.57 Å². The van der Waals surface area contributed by atoms with Crippen molar-refractivity contribution in [3.05, 3.63) is 69.8 Å². The van der Waals surface area contributed by atoms with Gasteiger partial charge in [-0.15, -0.1) is 0 Å². The largest absolute Gasteiger partial charge is 0.287 e. The van der Waals surface area contributed by atoms with Gasteiger partial charge in [-0.3, -0.25) is 4.57 Å². The summed E-state index contributed by atoms with van der Waals surface area (Å²) < 4.78 is 21.4. The quantitative estimate of drug-likeness (QED) is 0.549. The highest BCUT2D eigenvalue weighted by Crippen LogP contribution is 2.70. The first-order valence-electron chi connectivity index (χ1n) is 11.2. The Labute approximate surface area is 182 Å². The van der Waals surface area contributed by atoms with Crippen molar-refractivity contribution in [3.8, 4) is 0 Å². The van der Waals surface area contributed by atoms with Crippen molar-refractivity contribution in [1.82, 2.24) is 14.0 Å². The zero-order chi connectivity index (χ0) is 21.6. The lowest BCUT2D eigenvalue weighted by Gasteiger charge is -2.39. The van der Waals surface area contributed by atoms with Crippen LogP contribution < -0.4 is 0 Å². The normalized spacial score (nSPS) is 25.7. The summed E-state index contributed by atoms with van der Waals surface area (Å²) in [4.78, 5) is 0. The molecule has 2 fully saturated rings. The number of rotatable bonds is 3. The molecule has 2 aromatic rings. The molecular weight excluding hydrogens is 389 g/mol. The van der Waals surface area contributed by atoms with E-state index in [1.165, 1.54) is 39.8 Å². The van der Waals surface area contributed by atoms with Crippen LogP contribution in [0, 0.1) is 27.7 Å². The second-order valence-electron chi connectivity index (χ2n) is 9.41. The third-order valence-electron chi connectivity index (χ3n) is 6.80. The highest BCUT2D eigenvalue weighted by atomic mass is 31.2. The van der Waals surface area contributed by atoms with Gasteiger partial charge in [0.15, 0.2) is 0 Å². The van der Waals surface area contributed by atoms with E-state index in [1.807, 2.05) is 0 Å². The molecule has 0 radical (unpaired) electrons. The maximum Gasteiger partial charge on any atom is 0.287 e. The van der Waals surface area contributed by atoms with E-state index in [9.17, 15) is 4.57 Å². The molecule has 162 valence electrons. The summed E-state index contributed by atoms with van der Waals surface area (Å²) in [6.07, 6.45) is 3.51. The molecule has 2 aromatic carbocycles. The van der Waals surface area contributed by atoms with Crippen LogP contribution in [-0.2, 0) is 4.57 Å². The van der Waals surface area contributed by atoms with Crippen molar-refractivity contribution in [1.29, 1.82) is 0 Å². The van der Waals surface area contributed by atoms with Gasteiger partial charge in [0.25, 0.3) is 7.59 Å². The lowest BCUT2D eigenvalue weighted by Crippen LogP contribution is -2.35. The fraction of sp³-hybridized carbons (Fsp3) is 0.520. The SMILES string of the molecule is Cc1cc(C)cc([C@@H]2[C@@H](c3cc(C)cc(C)c3)N(C)P(=O)(N3CCCCC3)N2C)c1. The van der Waals surface area contributed by atoms with Gasteiger partial charge in [-0.2, -0.15) is 0 Å². The van der Waals surface area contributed by atoms with Gasteiger partial charge in [-0.1, -0.05) is 65.1 Å². The predicted molar refractivity (Wildman–Crippen MR) is 126 cm³/mol. The van der Waals surface area contributed by atoms with Crippen molar-refractivity contribution in [2.45, 2.75) is 59.0 Å². The standard InChI is InChI=1S/C25H36N3OP/c1-18-12-19(2)15-22(14-18)24-25(23-16-20(3)13-21(4)17-23)27(6)30(29,26(24)5)28-10-8-7-9-11-28/h12-17,24-25H,7-11H2,1-6H3/t24-,25-/m1/s1. The van der Waals surface area contributed by atoms with E-state index >= 15 is 0 Å². The minimum absolute atomic E-state index is 0.0579. The zero-order valence-corrected chi connectivity index (χ0v) is 20.2. The molecule has 2 saturated heterocycles. The van der Waals surface area contributed by atoms with Gasteiger partial charge < -0.3 is 0 Å². The minimum atomic E-state index is -2.83. The Morgan fingerprint density at radius 2 is 1.03 bits per heavy atom. The molecule has 4 nitrogen and oxygen atoms in total. The lowest BCUT2D eigenvalue weighted by molar-refractivity contribution is 0.298. The van der Waals surface area contributed by atoms with Crippen LogP contribution in [-0.4, -0.2) is 41.2 Å². The average molecular weight is 426 g/mol. The molecule has 2 aliphatic heterocycles. The van der Waals surface area contributed by atoms with Crippen LogP contribution in [0.2, 0.25) is 0 Å². The maximum absolute atomic E-state index is 14.7. The number of aryl methyl sites for hydroxylation is 4. The van der Waals surface area contributed by atoms with Crippen molar-refractivity contribution >= 4 is 7.59 Å². The Bertz CT molecular complexity index is 874. The molecule has 0 bridgehead atoms. The number of benzene rings is 2. The lowest BCUT2D eigenvalue weighted by atomic mass is 9.90. The first-order valence-corrected chi connectivity index (χ1v) is 12.8. The average Bonchev–Trinajstić information content (AvgIpc) is 2.89. The topological polar surface area (TPSA) is 26.8 Å². The Hall–Kier alpha value is -1.45. The smallest absolute Gasteiger partial charge is 0.270 e. The van der Waals surface area contributed by atoms with Crippen LogP contribution in [0.25, 0.3) is 0 Å². The van der Waals surface area contributed by atoms with Gasteiger partial charge in [0.2, 0.25) is 0 Å². The van der Waals surface area contributed by atoms with Gasteiger partial charge in [-0.05, 0) is 65.8 Å². The monoisotopic (exact) mass is 425 g/mol. The van der Waals surface area contributed by atoms with Crippen LogP contribution in [0.5, 0.6) is 0 Å². The molecule has 0 unspecified atom stereocenters. The van der Waals surface area contributed by atoms with Crippen molar-refractivity contribution in [2.75, 3.05) is 27.2 Å². The summed E-state index contributed by atoms with van der Waals surface area (Å²) >= 11 is 0. The Morgan fingerprint density at radius 1 is 0.667 bits per heavy atom. The van der Waals surface area contributed by atoms with E-state index in [4.69, 9.17) is 0 Å². The van der Waals surface area contributed by atoms with E-state index in [1.54, 1.807) is 0 Å². The van der Waals surface area contributed by atoms with Crippen molar-refractivity contribution in [2.24, 2.45) is 0 Å². The molecule has 0 spiro atoms. The van der Waals surface area contributed by atoms with Crippen molar-refractivity contribution in [3.63, 3.8) is 0 Å². The summed E-state index contributed by atoms with van der Waals surface area (Å²) in [6.45, 7) is 10.5. The summed E-state index contributed by atoms with van der Waals surface area (Å²) in [7, 11) is 1.33. The molecule has 0 aliphatic carbocycles. The number of hydrogen-bond donors (Lipinski definition) is 0. The molecule has 2 atom stereocenters. The molecule has 0 amide bonds. The highest BCUT2D eigenvalue weighted by molar-refractivity contribution is 7.56. The zero-order valence-electron chi connectivity index (χ0n) is 19.4. The number of nitrogens with zero attached hydrogens (tertiary/aromatic N) is 3. The van der Waals surface area contributed by atoms with Crippen LogP contribution in [0.15, 0.2) is 36.4 Å². The Kier molecular flexibility index (Phi) is 5.98. The molecule has 4 rings (SSSR count). The van der Waals surface area contributed by atoms with Crippen LogP contribution in [0.1, 0.15) is 64.7 Å². The predicted octanol–water partition coefficient (Wildman–Crippen LogP) is 6.17. The van der Waals surface area contributed by atoms with Crippen LogP contribution in [0.3, 0.4) is 0 Å². The molecule has 2 heterocycles. The third-order valence-corrected chi connectivity index (χ3v) is 10.1. The third kappa shape index (κ3) is 3.69. The first kappa shape index (κ1) is 21.8. The Balaban J connectivity index is 1.88. The molecule has 0 aromatic heterocycles. The van der Waals surface area contributed by atoms with E-state index in [0.29, 0.717) is 0 Å². The number of piperidine rings is 1. The molecule has 2 aliphatic rings. The van der Waals surface area contributed by atoms with E-state index < -0.39 is 7.59 Å². The van der Waals surface area contributed by atoms with Gasteiger partial charge in [0.05, 0.1) is 12.1 Å². The van der Waals surface area contributed by atoms with E-state index in [-0.39, 0.29) is 12.1 Å². The second kappa shape index (κ2) is 8.24. The molecule has 5 heteroatoms. The van der Waals surface area contributed by atoms with Gasteiger partial charge in [-0.25, -0.2) is 14.0 Å². The van der Waals surface area contributed by atoms with Crippen LogP contribution >= 0.6 is 7.59 Å². The molecule has 0 N–H and O–H groups in total. The molecule has 0 saturated carbocycles. The van der Waals surface area contributed by atoms with Crippen LogP contribution in [0.4, 0.5) is 0 Å². The maximum atomic E-state index is 14.7. The fourth-order valence-corrected chi connectivity index (χ4v) is 8.86. The summed E-state index contributed by atoms with van der Waals surface area (Å²) in [5, 5.41) is 0. The number of hydrogen-bond acceptors (Lipinski definition) is 1. The van der Waals surface area contributed by atoms with Gasteiger partial charge in [0, 0.05) is 13.1 Å². The Morgan fingerprint density at radius 3 is 1.40 bits per heavy atom. The fourth-order valence-electron chi connectivity index (χ4n) is 5.65. The summed E-state index contributed by atoms with van der Waals surface area (Å²) in [5.41, 5.74) is 7.58. The van der Waals surface area contributed by atoms with E-state index in [0.717, 1.165) is 25.9 Å². The van der Waals surface area contributed by atoms with E-state index in [2.05, 4.69) is 92.2 Å². The summed E-state index contributed by atoms with van der Waals surface area (Å²) in [5.74, 6) is 0. The minimum Gasteiger partial charge on any atom is -0.270 e. The van der Waals surface area contributed by atoms with Gasteiger partial charge >= 0.3 is 0 Å². The first-order chi connectivity index (χ1) is 14.2. The highest BCUT2D eigenvalue weighted by Gasteiger charge is 2.55.